The molecule has 20 nitrogen and oxygen atoms in total. The molecule has 58 heavy (non-hydrogen) atoms. The van der Waals surface area contributed by atoms with Crippen LogP contribution in [0.5, 0.6) is 11.5 Å². The van der Waals surface area contributed by atoms with E-state index in [0.29, 0.717) is 6.42 Å². The van der Waals surface area contributed by atoms with Crippen molar-refractivity contribution in [3.63, 3.8) is 0 Å². The number of thiazole rings is 1. The molecule has 2 aliphatic heterocycles. The molecule has 23 heteroatoms. The number of hydrogen-bond acceptors (Lipinski definition) is 16. The number of benzene rings is 1. The van der Waals surface area contributed by atoms with Crippen molar-refractivity contribution in [3.8, 4) is 11.5 Å². The highest BCUT2D eigenvalue weighted by molar-refractivity contribution is 8.02. The summed E-state index contributed by atoms with van der Waals surface area (Å²) in [6.45, 7) is 4.91. The van der Waals surface area contributed by atoms with Crippen LogP contribution >= 0.6 is 34.7 Å². The number of oxime groups is 1. The zero-order valence-electron chi connectivity index (χ0n) is 31.5. The monoisotopic (exact) mass is 866 g/mol. The van der Waals surface area contributed by atoms with Gasteiger partial charge in [-0.1, -0.05) is 16.8 Å². The molecule has 9 N–H and O–H groups in total. The predicted octanol–water partition coefficient (Wildman–Crippen LogP) is 2.42. The number of nitrogens with one attached hydrogen (secondary N) is 3. The molecule has 314 valence electrons. The quantitative estimate of drug-likeness (QED) is 0.0331. The van der Waals surface area contributed by atoms with Crippen LogP contribution in [0.1, 0.15) is 68.9 Å². The van der Waals surface area contributed by atoms with Crippen molar-refractivity contribution in [2.45, 2.75) is 74.6 Å². The second-order valence-corrected chi connectivity index (χ2v) is 17.1. The van der Waals surface area contributed by atoms with Crippen molar-refractivity contribution >= 4 is 86.9 Å². The Kier molecular flexibility index (Phi) is 13.4. The second-order valence-electron chi connectivity index (χ2n) is 14.4. The van der Waals surface area contributed by atoms with Gasteiger partial charge in [-0.15, -0.1) is 23.1 Å². The molecule has 2 unspecified atom stereocenters. The number of carboxylic acid groups (broad SMARTS) is 2. The summed E-state index contributed by atoms with van der Waals surface area (Å²) in [5, 5.41) is 50.2. The minimum Gasteiger partial charge on any atom is -0.504 e. The molecule has 1 aliphatic carbocycles. The predicted molar refractivity (Wildman–Crippen MR) is 210 cm³/mol. The number of nitrogens with zero attached hydrogens (tertiary/aromatic N) is 4. The summed E-state index contributed by atoms with van der Waals surface area (Å²) in [6, 6.07) is 0.788. The number of nitrogen functional groups attached to an aromatic ring is 1. The molecule has 1 aromatic carbocycles. The number of hydrazine groups is 1. The number of phenolic OH excluding ortho intramolecular Hbond substituents is 2. The van der Waals surface area contributed by atoms with Crippen LogP contribution in [0.2, 0.25) is 5.02 Å². The maximum Gasteiger partial charge on any atom is 0.350 e. The normalized spacial score (nSPS) is 23.0. The number of rotatable bonds is 19. The van der Waals surface area contributed by atoms with E-state index in [1.54, 1.807) is 6.92 Å². The smallest absolute Gasteiger partial charge is 0.350 e. The number of aromatic hydroxyl groups is 2. The lowest BCUT2D eigenvalue weighted by molar-refractivity contribution is -0.161. The van der Waals surface area contributed by atoms with Gasteiger partial charge >= 0.3 is 24.0 Å². The van der Waals surface area contributed by atoms with E-state index >= 15 is 0 Å². The number of urea groups is 2. The minimum atomic E-state index is -1.80. The van der Waals surface area contributed by atoms with Crippen LogP contribution in [0, 0.1) is 11.8 Å². The Balaban J connectivity index is 1.10. The van der Waals surface area contributed by atoms with Gasteiger partial charge in [-0.3, -0.25) is 24.3 Å². The first-order valence-electron chi connectivity index (χ1n) is 18.1. The second kappa shape index (κ2) is 17.7. The van der Waals surface area contributed by atoms with Crippen molar-refractivity contribution in [2.75, 3.05) is 31.9 Å². The van der Waals surface area contributed by atoms with Crippen molar-refractivity contribution in [1.29, 1.82) is 0 Å². The van der Waals surface area contributed by atoms with E-state index in [-0.39, 0.29) is 90.6 Å². The largest absolute Gasteiger partial charge is 0.504 e. The number of ketones is 3. The number of halogens is 1. The highest BCUT2D eigenvalue weighted by Crippen LogP contribution is 2.60. The van der Waals surface area contributed by atoms with Gasteiger partial charge < -0.3 is 41.6 Å². The molecule has 1 saturated carbocycles. The molecule has 1 aromatic heterocycles. The van der Waals surface area contributed by atoms with E-state index in [2.05, 4.69) is 26.2 Å². The Bertz CT molecular complexity index is 2030. The Morgan fingerprint density at radius 3 is 2.43 bits per heavy atom. The SMILES string of the molecule is CC1CN(NCCCNC(=O)NCCCC(=O)c2ccc(O)c(O)c2Cl)C(=O)N1[C@]1(C(=O)O)CC2C(=O)[C@@H](CC(=O)/C(=N\OC(C)(C)C(=O)O)c3csc(N)n3)[C@H]2S1. The third kappa shape index (κ3) is 9.08. The Labute approximate surface area is 344 Å². The number of thioether (sulfide) groups is 1. The van der Waals surface area contributed by atoms with Gasteiger partial charge in [0.1, 0.15) is 11.5 Å². The first kappa shape index (κ1) is 43.9. The van der Waals surface area contributed by atoms with Crippen molar-refractivity contribution in [2.24, 2.45) is 17.0 Å². The summed E-state index contributed by atoms with van der Waals surface area (Å²) in [5.41, 5.74) is 6.67. The van der Waals surface area contributed by atoms with Crippen LogP contribution in [0.15, 0.2) is 22.7 Å². The number of carbonyl (C=O) groups excluding carboxylic acids is 5. The first-order chi connectivity index (χ1) is 27.3. The number of aromatic nitrogens is 1. The maximum absolute atomic E-state index is 13.7. The highest BCUT2D eigenvalue weighted by Gasteiger charge is 2.68. The Morgan fingerprint density at radius 1 is 1.10 bits per heavy atom. The number of anilines is 1. The molecule has 4 amide bonds. The lowest BCUT2D eigenvalue weighted by atomic mass is 9.68. The van der Waals surface area contributed by atoms with Gasteiger partial charge in [-0.25, -0.2) is 29.6 Å². The minimum absolute atomic E-state index is 0.0272. The van der Waals surface area contributed by atoms with Crippen LogP contribution in [0.25, 0.3) is 0 Å². The molecule has 5 rings (SSSR count). The number of phenols is 2. The third-order valence-electron chi connectivity index (χ3n) is 9.92. The summed E-state index contributed by atoms with van der Waals surface area (Å²) in [4.78, 5) is 98.5. The number of hydrogen-bond donors (Lipinski definition) is 8. The van der Waals surface area contributed by atoms with Gasteiger partial charge in [0, 0.05) is 66.9 Å². The number of amides is 4. The van der Waals surface area contributed by atoms with E-state index < -0.39 is 74.9 Å². The molecular formula is C35H43ClN8O12S2. The number of carbonyl (C=O) groups is 7. The number of aliphatic carboxylic acids is 2. The zero-order valence-corrected chi connectivity index (χ0v) is 33.9. The number of nitrogens with two attached hydrogens (primary N) is 1. The Morgan fingerprint density at radius 2 is 1.79 bits per heavy atom. The maximum atomic E-state index is 13.7. The van der Waals surface area contributed by atoms with Gasteiger partial charge in [0.05, 0.1) is 17.6 Å². The van der Waals surface area contributed by atoms with Gasteiger partial charge in [-0.2, -0.15) is 0 Å². The summed E-state index contributed by atoms with van der Waals surface area (Å²) in [7, 11) is 0. The van der Waals surface area contributed by atoms with Gasteiger partial charge in [0.25, 0.3) is 0 Å². The molecule has 3 aliphatic rings. The molecule has 0 radical (unpaired) electrons. The summed E-state index contributed by atoms with van der Waals surface area (Å²) < 4.78 is 0. The van der Waals surface area contributed by atoms with Gasteiger partial charge in [0.2, 0.25) is 5.60 Å². The average molecular weight is 867 g/mol. The van der Waals surface area contributed by atoms with E-state index in [4.69, 9.17) is 22.2 Å². The van der Waals surface area contributed by atoms with Gasteiger partial charge in [0.15, 0.2) is 38.8 Å². The molecule has 3 fully saturated rings. The molecule has 5 atom stereocenters. The van der Waals surface area contributed by atoms with E-state index in [0.717, 1.165) is 29.2 Å². The summed E-state index contributed by atoms with van der Waals surface area (Å²) in [6.07, 6.45) is 0.148. The van der Waals surface area contributed by atoms with Crippen LogP contribution < -0.4 is 21.8 Å². The standard InChI is InChI=1S/C35H43ClN8O12S2/c1-16-14-43(40-11-5-10-39-32(54)38-9-4-6-21(45)17-7-8-22(46)27(49)24(17)36)33(55)44(16)35(30(52)53)13-19-26(48)18(28(19)58-35)12-23(47)25(20-15-57-31(37)41-20)42-56-34(2,3)29(50)51/h7-8,15-16,18-19,28,40,46,49H,4-6,9-14H2,1-3H3,(H2,37,41)(H,50,51)(H,52,53)(H2,38,39,54)/b42-25-/t16?,18-,19?,28-,35-/m1/s1. The van der Waals surface area contributed by atoms with E-state index in [1.807, 2.05) is 0 Å². The molecule has 3 heterocycles. The molecule has 0 spiro atoms. The lowest BCUT2D eigenvalue weighted by Crippen LogP contribution is -2.55. The van der Waals surface area contributed by atoms with Crippen LogP contribution in [0.4, 0.5) is 14.7 Å². The van der Waals surface area contributed by atoms with Crippen molar-refractivity contribution in [3.05, 3.63) is 33.8 Å². The summed E-state index contributed by atoms with van der Waals surface area (Å²) >= 11 is 7.89. The number of carboxylic acids is 2. The van der Waals surface area contributed by atoms with Crippen molar-refractivity contribution in [1.82, 2.24) is 31.0 Å². The highest BCUT2D eigenvalue weighted by atomic mass is 35.5. The first-order valence-corrected chi connectivity index (χ1v) is 20.2. The molecule has 2 aromatic rings. The van der Waals surface area contributed by atoms with Crippen LogP contribution in [-0.4, -0.2) is 130 Å². The molecule has 2 saturated heterocycles. The number of Topliss-reactive ketones (excluding diaryl/α,β-unsaturated/α-hetero) is 3. The third-order valence-corrected chi connectivity index (χ3v) is 12.8. The summed E-state index contributed by atoms with van der Waals surface area (Å²) in [5.74, 6) is -6.72. The zero-order chi connectivity index (χ0) is 42.7. The molecule has 0 bridgehead atoms. The fraction of sp³-hybridized carbons (Fsp3) is 0.514. The van der Waals surface area contributed by atoms with E-state index in [1.165, 1.54) is 35.2 Å². The topological polar surface area (TPSA) is 303 Å². The lowest BCUT2D eigenvalue weighted by Gasteiger charge is -2.37. The van der Waals surface area contributed by atoms with Crippen LogP contribution in [-0.2, 0) is 24.0 Å². The van der Waals surface area contributed by atoms with Gasteiger partial charge in [-0.05, 0) is 45.7 Å². The fourth-order valence-electron chi connectivity index (χ4n) is 6.77. The van der Waals surface area contributed by atoms with Crippen LogP contribution in [0.3, 0.4) is 0 Å². The van der Waals surface area contributed by atoms with E-state index in [9.17, 15) is 54.0 Å². The molecular weight excluding hydrogens is 824 g/mol. The Hall–Kier alpha value is -5.19. The fourth-order valence-corrected chi connectivity index (χ4v) is 9.57. The van der Waals surface area contributed by atoms with Crippen molar-refractivity contribution < 1.29 is 58.8 Å². The number of fused-ring (bicyclic) bond motifs is 1. The average Bonchev–Trinajstić information content (AvgIpc) is 3.84.